The molecular formula is C15H28N2O2. The molecule has 110 valence electrons. The minimum atomic E-state index is -0.435. The SMILES string of the molecule is CCNC1(C(=O)OC)CCC(N2CCCC2CC)C1. The van der Waals surface area contributed by atoms with Gasteiger partial charge in [0.2, 0.25) is 0 Å². The Morgan fingerprint density at radius 2 is 2.21 bits per heavy atom. The highest BCUT2D eigenvalue weighted by Gasteiger charge is 2.48. The van der Waals surface area contributed by atoms with E-state index in [9.17, 15) is 4.79 Å². The van der Waals surface area contributed by atoms with Crippen molar-refractivity contribution in [1.29, 1.82) is 0 Å². The molecule has 1 saturated carbocycles. The molecule has 0 aromatic rings. The molecule has 1 aliphatic carbocycles. The summed E-state index contributed by atoms with van der Waals surface area (Å²) in [5, 5.41) is 3.39. The van der Waals surface area contributed by atoms with Crippen LogP contribution in [0.5, 0.6) is 0 Å². The number of carbonyl (C=O) groups excluding carboxylic acids is 1. The number of likely N-dealkylation sites (tertiary alicyclic amines) is 1. The molecule has 4 nitrogen and oxygen atoms in total. The van der Waals surface area contributed by atoms with Gasteiger partial charge >= 0.3 is 5.97 Å². The molecule has 0 radical (unpaired) electrons. The lowest BCUT2D eigenvalue weighted by molar-refractivity contribution is -0.148. The maximum atomic E-state index is 12.1. The van der Waals surface area contributed by atoms with E-state index in [0.29, 0.717) is 6.04 Å². The van der Waals surface area contributed by atoms with E-state index in [4.69, 9.17) is 4.74 Å². The van der Waals surface area contributed by atoms with Crippen molar-refractivity contribution < 1.29 is 9.53 Å². The summed E-state index contributed by atoms with van der Waals surface area (Å²) in [6, 6.07) is 1.27. The Kier molecular flexibility index (Phi) is 4.85. The molecular weight excluding hydrogens is 240 g/mol. The van der Waals surface area contributed by atoms with Crippen LogP contribution in [0.2, 0.25) is 0 Å². The van der Waals surface area contributed by atoms with Crippen LogP contribution >= 0.6 is 0 Å². The summed E-state index contributed by atoms with van der Waals surface area (Å²) in [7, 11) is 1.50. The van der Waals surface area contributed by atoms with Gasteiger partial charge in [-0.25, -0.2) is 0 Å². The molecule has 2 rings (SSSR count). The van der Waals surface area contributed by atoms with Gasteiger partial charge in [-0.05, 0) is 51.6 Å². The van der Waals surface area contributed by atoms with Crippen LogP contribution < -0.4 is 5.32 Å². The third-order valence-electron chi connectivity index (χ3n) is 4.94. The summed E-state index contributed by atoms with van der Waals surface area (Å²) in [6.45, 7) is 6.35. The highest BCUT2D eigenvalue weighted by Crippen LogP contribution is 2.37. The van der Waals surface area contributed by atoms with Crippen LogP contribution in [-0.4, -0.2) is 48.7 Å². The van der Waals surface area contributed by atoms with Crippen molar-refractivity contribution in [2.24, 2.45) is 0 Å². The fourth-order valence-electron chi connectivity index (χ4n) is 4.03. The second kappa shape index (κ2) is 6.23. The van der Waals surface area contributed by atoms with Crippen LogP contribution in [0.25, 0.3) is 0 Å². The Bertz CT molecular complexity index is 321. The van der Waals surface area contributed by atoms with Crippen molar-refractivity contribution >= 4 is 5.97 Å². The summed E-state index contributed by atoms with van der Waals surface area (Å²) in [6.07, 6.45) is 6.78. The Hall–Kier alpha value is -0.610. The lowest BCUT2D eigenvalue weighted by atomic mass is 9.97. The van der Waals surface area contributed by atoms with Gasteiger partial charge in [0.25, 0.3) is 0 Å². The number of methoxy groups -OCH3 is 1. The monoisotopic (exact) mass is 268 g/mol. The molecule has 1 heterocycles. The van der Waals surface area contributed by atoms with E-state index in [1.807, 2.05) is 0 Å². The summed E-state index contributed by atoms with van der Waals surface area (Å²) < 4.78 is 5.03. The first-order chi connectivity index (χ1) is 9.16. The minimum absolute atomic E-state index is 0.0795. The lowest BCUT2D eigenvalue weighted by Gasteiger charge is -2.32. The van der Waals surface area contributed by atoms with Gasteiger partial charge in [0, 0.05) is 12.1 Å². The zero-order valence-corrected chi connectivity index (χ0v) is 12.6. The fourth-order valence-corrected chi connectivity index (χ4v) is 4.03. The normalized spacial score (nSPS) is 35.7. The Morgan fingerprint density at radius 3 is 2.84 bits per heavy atom. The minimum Gasteiger partial charge on any atom is -0.468 e. The van der Waals surface area contributed by atoms with E-state index in [2.05, 4.69) is 24.1 Å². The summed E-state index contributed by atoms with van der Waals surface area (Å²) in [5.74, 6) is -0.0795. The third-order valence-corrected chi connectivity index (χ3v) is 4.94. The van der Waals surface area contributed by atoms with Crippen LogP contribution in [-0.2, 0) is 9.53 Å². The maximum Gasteiger partial charge on any atom is 0.326 e. The quantitative estimate of drug-likeness (QED) is 0.774. The van der Waals surface area contributed by atoms with E-state index in [1.54, 1.807) is 0 Å². The smallest absolute Gasteiger partial charge is 0.326 e. The maximum absolute atomic E-state index is 12.1. The van der Waals surface area contributed by atoms with Crippen molar-refractivity contribution in [1.82, 2.24) is 10.2 Å². The Labute approximate surface area is 116 Å². The molecule has 1 aliphatic heterocycles. The standard InChI is InChI=1S/C15H28N2O2/c1-4-12-7-6-10-17(12)13-8-9-15(11-13,16-5-2)14(18)19-3/h12-13,16H,4-11H2,1-3H3. The molecule has 3 unspecified atom stereocenters. The highest BCUT2D eigenvalue weighted by molar-refractivity contribution is 5.81. The second-order valence-electron chi connectivity index (χ2n) is 5.94. The van der Waals surface area contributed by atoms with Crippen molar-refractivity contribution in [3.63, 3.8) is 0 Å². The highest BCUT2D eigenvalue weighted by atomic mass is 16.5. The Morgan fingerprint density at radius 1 is 1.42 bits per heavy atom. The van der Waals surface area contributed by atoms with Crippen LogP contribution in [0.4, 0.5) is 0 Å². The first kappa shape index (κ1) is 14.8. The molecule has 1 saturated heterocycles. The first-order valence-electron chi connectivity index (χ1n) is 7.76. The fraction of sp³-hybridized carbons (Fsp3) is 0.933. The van der Waals surface area contributed by atoms with Crippen molar-refractivity contribution in [2.45, 2.75) is 70.0 Å². The first-order valence-corrected chi connectivity index (χ1v) is 7.76. The molecule has 4 heteroatoms. The van der Waals surface area contributed by atoms with E-state index < -0.39 is 5.54 Å². The molecule has 0 spiro atoms. The number of carbonyl (C=O) groups is 1. The number of rotatable bonds is 5. The van der Waals surface area contributed by atoms with Crippen LogP contribution in [0.1, 0.15) is 52.4 Å². The van der Waals surface area contributed by atoms with Gasteiger partial charge in [0.15, 0.2) is 0 Å². The predicted molar refractivity (Wildman–Crippen MR) is 76.1 cm³/mol. The molecule has 1 N–H and O–H groups in total. The van der Waals surface area contributed by atoms with Gasteiger partial charge in [0.1, 0.15) is 5.54 Å². The average molecular weight is 268 g/mol. The van der Waals surface area contributed by atoms with Gasteiger partial charge in [-0.1, -0.05) is 13.8 Å². The van der Waals surface area contributed by atoms with Crippen LogP contribution in [0.3, 0.4) is 0 Å². The molecule has 0 aromatic heterocycles. The largest absolute Gasteiger partial charge is 0.468 e. The zero-order chi connectivity index (χ0) is 13.9. The van der Waals surface area contributed by atoms with Gasteiger partial charge in [-0.3, -0.25) is 9.69 Å². The van der Waals surface area contributed by atoms with E-state index in [1.165, 1.54) is 32.9 Å². The summed E-state index contributed by atoms with van der Waals surface area (Å²) in [4.78, 5) is 14.8. The molecule has 2 aliphatic rings. The number of hydrogen-bond acceptors (Lipinski definition) is 4. The number of nitrogens with zero attached hydrogens (tertiary/aromatic N) is 1. The lowest BCUT2D eigenvalue weighted by Crippen LogP contribution is -2.52. The Balaban J connectivity index is 2.06. The summed E-state index contributed by atoms with van der Waals surface area (Å²) >= 11 is 0. The van der Waals surface area contributed by atoms with Crippen molar-refractivity contribution in [3.05, 3.63) is 0 Å². The van der Waals surface area contributed by atoms with Gasteiger partial charge in [0.05, 0.1) is 7.11 Å². The third kappa shape index (κ3) is 2.79. The number of likely N-dealkylation sites (N-methyl/N-ethyl adjacent to an activating group) is 1. The number of ether oxygens (including phenoxy) is 1. The van der Waals surface area contributed by atoms with E-state index in [0.717, 1.165) is 31.8 Å². The van der Waals surface area contributed by atoms with E-state index in [-0.39, 0.29) is 5.97 Å². The number of nitrogens with one attached hydrogen (secondary N) is 1. The molecule has 0 bridgehead atoms. The van der Waals surface area contributed by atoms with Gasteiger partial charge in [-0.2, -0.15) is 0 Å². The molecule has 0 amide bonds. The van der Waals surface area contributed by atoms with Crippen LogP contribution in [0.15, 0.2) is 0 Å². The average Bonchev–Trinajstić information content (AvgIpc) is 3.04. The molecule has 19 heavy (non-hydrogen) atoms. The van der Waals surface area contributed by atoms with E-state index >= 15 is 0 Å². The van der Waals surface area contributed by atoms with Crippen molar-refractivity contribution in [3.8, 4) is 0 Å². The van der Waals surface area contributed by atoms with Crippen molar-refractivity contribution in [2.75, 3.05) is 20.2 Å². The van der Waals surface area contributed by atoms with Crippen LogP contribution in [0, 0.1) is 0 Å². The summed E-state index contributed by atoms with van der Waals surface area (Å²) in [5.41, 5.74) is -0.435. The van der Waals surface area contributed by atoms with Gasteiger partial charge < -0.3 is 10.1 Å². The molecule has 3 atom stereocenters. The number of hydrogen-bond donors (Lipinski definition) is 1. The number of esters is 1. The topological polar surface area (TPSA) is 41.6 Å². The molecule has 0 aromatic carbocycles. The molecule has 2 fully saturated rings. The predicted octanol–water partition coefficient (Wildman–Crippen LogP) is 1.93. The zero-order valence-electron chi connectivity index (χ0n) is 12.6. The second-order valence-corrected chi connectivity index (χ2v) is 5.94. The van der Waals surface area contributed by atoms with Gasteiger partial charge in [-0.15, -0.1) is 0 Å².